The summed E-state index contributed by atoms with van der Waals surface area (Å²) >= 11 is 7.03. The first-order valence-corrected chi connectivity index (χ1v) is 7.43. The topological polar surface area (TPSA) is 47.3 Å². The fraction of sp³-hybridized carbons (Fsp3) is 0.143. The molecule has 0 unspecified atom stereocenters. The highest BCUT2D eigenvalue weighted by Gasteiger charge is 2.06. The average Bonchev–Trinajstić information content (AvgIpc) is 2.34. The monoisotopic (exact) mass is 384 g/mol. The summed E-state index contributed by atoms with van der Waals surface area (Å²) in [5.74, 6) is 0.758. The Balaban J connectivity index is 2.33. The maximum absolute atomic E-state index is 5.88. The second-order valence-electron chi connectivity index (χ2n) is 3.95. The van der Waals surface area contributed by atoms with Crippen LogP contribution >= 0.6 is 31.9 Å². The van der Waals surface area contributed by atoms with Crippen LogP contribution in [0.25, 0.3) is 0 Å². The van der Waals surface area contributed by atoms with Crippen LogP contribution in [-0.4, -0.2) is 6.61 Å². The van der Waals surface area contributed by atoms with E-state index in [1.807, 2.05) is 43.3 Å². The zero-order valence-corrected chi connectivity index (χ0v) is 13.6. The summed E-state index contributed by atoms with van der Waals surface area (Å²) in [5, 5.41) is 3.33. The summed E-state index contributed by atoms with van der Waals surface area (Å²) in [4.78, 5) is 0. The average molecular weight is 386 g/mol. The fourth-order valence-corrected chi connectivity index (χ4v) is 2.90. The van der Waals surface area contributed by atoms with Crippen molar-refractivity contribution in [2.45, 2.75) is 6.92 Å². The molecule has 19 heavy (non-hydrogen) atoms. The highest BCUT2D eigenvalue weighted by atomic mass is 79.9. The van der Waals surface area contributed by atoms with Gasteiger partial charge in [-0.25, -0.2) is 0 Å². The molecule has 5 heteroatoms. The predicted molar refractivity (Wildman–Crippen MR) is 87.1 cm³/mol. The number of nitrogen functional groups attached to an aromatic ring is 1. The summed E-state index contributed by atoms with van der Waals surface area (Å²) in [6, 6.07) is 11.5. The molecule has 0 bridgehead atoms. The molecule has 3 N–H and O–H groups in total. The number of hydrogen-bond acceptors (Lipinski definition) is 3. The molecular weight excluding hydrogens is 372 g/mol. The van der Waals surface area contributed by atoms with E-state index in [0.717, 1.165) is 26.1 Å². The molecule has 0 atom stereocenters. The fourth-order valence-electron chi connectivity index (χ4n) is 1.71. The first-order valence-electron chi connectivity index (χ1n) is 5.84. The number of ether oxygens (including phenoxy) is 1. The van der Waals surface area contributed by atoms with Crippen LogP contribution < -0.4 is 15.8 Å². The molecule has 0 saturated heterocycles. The highest BCUT2D eigenvalue weighted by molar-refractivity contribution is 9.11. The number of halogens is 2. The molecule has 0 heterocycles. The Labute approximate surface area is 129 Å². The Morgan fingerprint density at radius 2 is 1.84 bits per heavy atom. The lowest BCUT2D eigenvalue weighted by Crippen LogP contribution is -1.97. The van der Waals surface area contributed by atoms with E-state index in [4.69, 9.17) is 10.5 Å². The molecule has 0 aliphatic heterocycles. The van der Waals surface area contributed by atoms with Crippen LogP contribution in [-0.2, 0) is 0 Å². The van der Waals surface area contributed by atoms with Crippen LogP contribution in [0.15, 0.2) is 45.3 Å². The molecule has 2 rings (SSSR count). The van der Waals surface area contributed by atoms with E-state index in [2.05, 4.69) is 37.2 Å². The quantitative estimate of drug-likeness (QED) is 0.733. The molecule has 3 nitrogen and oxygen atoms in total. The maximum atomic E-state index is 5.88. The van der Waals surface area contributed by atoms with Gasteiger partial charge in [0.15, 0.2) is 0 Å². The van der Waals surface area contributed by atoms with Gasteiger partial charge in [0.05, 0.1) is 12.3 Å². The molecule has 2 aromatic rings. The SMILES string of the molecule is CCOc1cc(N)cc(Nc2c(Br)cccc2Br)c1. The van der Waals surface area contributed by atoms with Crippen LogP contribution in [0.5, 0.6) is 5.75 Å². The smallest absolute Gasteiger partial charge is 0.123 e. The first kappa shape index (κ1) is 14.2. The van der Waals surface area contributed by atoms with Crippen LogP contribution in [0.2, 0.25) is 0 Å². The number of anilines is 3. The predicted octanol–water partition coefficient (Wildman–Crippen LogP) is 4.94. The Kier molecular flexibility index (Phi) is 4.71. The summed E-state index contributed by atoms with van der Waals surface area (Å²) in [6.45, 7) is 2.56. The number of nitrogens with two attached hydrogens (primary N) is 1. The normalized spacial score (nSPS) is 10.3. The van der Waals surface area contributed by atoms with Crippen LogP contribution in [0.3, 0.4) is 0 Å². The Morgan fingerprint density at radius 1 is 1.16 bits per heavy atom. The van der Waals surface area contributed by atoms with Gasteiger partial charge in [0, 0.05) is 32.5 Å². The third kappa shape index (κ3) is 3.64. The largest absolute Gasteiger partial charge is 0.494 e. The van der Waals surface area contributed by atoms with Gasteiger partial charge in [0.1, 0.15) is 5.75 Å². The molecule has 0 aromatic heterocycles. The molecule has 0 spiro atoms. The molecule has 100 valence electrons. The Hall–Kier alpha value is -1.20. The van der Waals surface area contributed by atoms with Gasteiger partial charge >= 0.3 is 0 Å². The summed E-state index contributed by atoms with van der Waals surface area (Å²) in [7, 11) is 0. The third-order valence-electron chi connectivity index (χ3n) is 2.47. The summed E-state index contributed by atoms with van der Waals surface area (Å²) in [5.41, 5.74) is 8.38. The molecule has 0 saturated carbocycles. The molecule has 0 aliphatic rings. The molecule has 0 amide bonds. The zero-order chi connectivity index (χ0) is 13.8. The van der Waals surface area contributed by atoms with Gasteiger partial charge in [0.25, 0.3) is 0 Å². The van der Waals surface area contributed by atoms with Crippen molar-refractivity contribution in [2.24, 2.45) is 0 Å². The number of hydrogen-bond donors (Lipinski definition) is 2. The van der Waals surface area contributed by atoms with Crippen molar-refractivity contribution in [1.82, 2.24) is 0 Å². The minimum Gasteiger partial charge on any atom is -0.494 e. The maximum Gasteiger partial charge on any atom is 0.123 e. The van der Waals surface area contributed by atoms with Crippen molar-refractivity contribution < 1.29 is 4.74 Å². The molecule has 2 aromatic carbocycles. The van der Waals surface area contributed by atoms with Gasteiger partial charge in [-0.1, -0.05) is 6.07 Å². The van der Waals surface area contributed by atoms with E-state index in [9.17, 15) is 0 Å². The lowest BCUT2D eigenvalue weighted by Gasteiger charge is -2.13. The van der Waals surface area contributed by atoms with Crippen molar-refractivity contribution in [3.05, 3.63) is 45.3 Å². The minimum atomic E-state index is 0.613. The Morgan fingerprint density at radius 3 is 2.47 bits per heavy atom. The second kappa shape index (κ2) is 6.30. The summed E-state index contributed by atoms with van der Waals surface area (Å²) in [6.07, 6.45) is 0. The Bertz CT molecular complexity index is 567. The van der Waals surface area contributed by atoms with Gasteiger partial charge in [0.2, 0.25) is 0 Å². The third-order valence-corrected chi connectivity index (χ3v) is 3.79. The van der Waals surface area contributed by atoms with Crippen molar-refractivity contribution in [1.29, 1.82) is 0 Å². The lowest BCUT2D eigenvalue weighted by atomic mass is 10.2. The van der Waals surface area contributed by atoms with Gasteiger partial charge in [-0.3, -0.25) is 0 Å². The van der Waals surface area contributed by atoms with E-state index >= 15 is 0 Å². The minimum absolute atomic E-state index is 0.613. The van der Waals surface area contributed by atoms with E-state index in [-0.39, 0.29) is 0 Å². The van der Waals surface area contributed by atoms with Gasteiger partial charge in [-0.2, -0.15) is 0 Å². The van der Waals surface area contributed by atoms with Gasteiger partial charge in [-0.15, -0.1) is 0 Å². The van der Waals surface area contributed by atoms with E-state index in [1.165, 1.54) is 0 Å². The van der Waals surface area contributed by atoms with E-state index in [0.29, 0.717) is 12.3 Å². The standard InChI is InChI=1S/C14H14Br2N2O/c1-2-19-11-7-9(17)6-10(8-11)18-14-12(15)4-3-5-13(14)16/h3-8,18H,2,17H2,1H3. The van der Waals surface area contributed by atoms with E-state index < -0.39 is 0 Å². The number of nitrogens with one attached hydrogen (secondary N) is 1. The number of rotatable bonds is 4. The van der Waals surface area contributed by atoms with Crippen molar-refractivity contribution >= 4 is 48.9 Å². The van der Waals surface area contributed by atoms with E-state index in [1.54, 1.807) is 0 Å². The molecular formula is C14H14Br2N2O. The highest BCUT2D eigenvalue weighted by Crippen LogP contribution is 2.34. The second-order valence-corrected chi connectivity index (χ2v) is 5.65. The lowest BCUT2D eigenvalue weighted by molar-refractivity contribution is 0.340. The molecule has 0 aliphatic carbocycles. The van der Waals surface area contributed by atoms with Crippen molar-refractivity contribution in [3.63, 3.8) is 0 Å². The number of benzene rings is 2. The van der Waals surface area contributed by atoms with Gasteiger partial charge < -0.3 is 15.8 Å². The zero-order valence-electron chi connectivity index (χ0n) is 10.4. The first-order chi connectivity index (χ1) is 9.10. The molecule has 0 fully saturated rings. The number of para-hydroxylation sites is 1. The van der Waals surface area contributed by atoms with Crippen LogP contribution in [0, 0.1) is 0 Å². The van der Waals surface area contributed by atoms with Crippen molar-refractivity contribution in [2.75, 3.05) is 17.7 Å². The molecule has 0 radical (unpaired) electrons. The van der Waals surface area contributed by atoms with Crippen LogP contribution in [0.4, 0.5) is 17.1 Å². The van der Waals surface area contributed by atoms with Crippen LogP contribution in [0.1, 0.15) is 6.92 Å². The van der Waals surface area contributed by atoms with Gasteiger partial charge in [-0.05, 0) is 57.0 Å². The van der Waals surface area contributed by atoms with Crippen molar-refractivity contribution in [3.8, 4) is 5.75 Å². The summed E-state index contributed by atoms with van der Waals surface area (Å²) < 4.78 is 7.43.